The minimum Gasteiger partial charge on any atom is -0.493 e. The minimum absolute atomic E-state index is 0.176. The van der Waals surface area contributed by atoms with Gasteiger partial charge in [-0.3, -0.25) is 0 Å². The van der Waals surface area contributed by atoms with Crippen molar-refractivity contribution < 1.29 is 24.5 Å². The summed E-state index contributed by atoms with van der Waals surface area (Å²) < 4.78 is 9.89. The Morgan fingerprint density at radius 3 is 2.76 bits per heavy atom. The monoisotopic (exact) mass is 238 g/mol. The smallest absolute Gasteiger partial charge is 0.373 e. The highest BCUT2D eigenvalue weighted by molar-refractivity contribution is 5.71. The molecule has 1 aromatic rings. The average Bonchev–Trinajstić information content (AvgIpc) is 2.31. The van der Waals surface area contributed by atoms with E-state index in [0.717, 1.165) is 5.56 Å². The van der Waals surface area contributed by atoms with Crippen LogP contribution in [0.3, 0.4) is 0 Å². The summed E-state index contributed by atoms with van der Waals surface area (Å²) in [6, 6.07) is 4.99. The number of carboxylic acid groups (broad SMARTS) is 1. The van der Waals surface area contributed by atoms with Crippen LogP contribution < -0.4 is 9.47 Å². The molecule has 0 amide bonds. The molecule has 2 N–H and O–H groups in total. The Balaban J connectivity index is 2.92. The summed E-state index contributed by atoms with van der Waals surface area (Å²) in [5, 5.41) is 17.6. The van der Waals surface area contributed by atoms with Crippen LogP contribution in [0.15, 0.2) is 30.9 Å². The van der Waals surface area contributed by atoms with E-state index < -0.39 is 12.3 Å². The Hall–Kier alpha value is -2.01. The first-order valence-corrected chi connectivity index (χ1v) is 4.93. The SMILES string of the molecule is C=CCc1ccc(OC(O)C(=O)O)c(OC)c1. The molecule has 17 heavy (non-hydrogen) atoms. The second-order valence-corrected chi connectivity index (χ2v) is 3.29. The van der Waals surface area contributed by atoms with Gasteiger partial charge in [-0.2, -0.15) is 0 Å². The van der Waals surface area contributed by atoms with E-state index in [0.29, 0.717) is 12.2 Å². The summed E-state index contributed by atoms with van der Waals surface area (Å²) in [6.45, 7) is 3.62. The lowest BCUT2D eigenvalue weighted by Gasteiger charge is -2.13. The van der Waals surface area contributed by atoms with E-state index in [1.165, 1.54) is 7.11 Å². The topological polar surface area (TPSA) is 76.0 Å². The maximum atomic E-state index is 10.4. The molecule has 1 atom stereocenters. The minimum atomic E-state index is -1.91. The van der Waals surface area contributed by atoms with Gasteiger partial charge in [0.2, 0.25) is 0 Å². The number of allylic oxidation sites excluding steroid dienone is 1. The molecule has 5 nitrogen and oxygen atoms in total. The van der Waals surface area contributed by atoms with Crippen molar-refractivity contribution in [3.8, 4) is 11.5 Å². The number of rotatable bonds is 6. The van der Waals surface area contributed by atoms with Crippen molar-refractivity contribution in [1.29, 1.82) is 0 Å². The van der Waals surface area contributed by atoms with Crippen molar-refractivity contribution in [2.24, 2.45) is 0 Å². The number of benzene rings is 1. The molecule has 1 rings (SSSR count). The Bertz CT molecular complexity index is 413. The molecule has 0 spiro atoms. The molecule has 0 aromatic heterocycles. The molecule has 92 valence electrons. The van der Waals surface area contributed by atoms with Gasteiger partial charge in [0.05, 0.1) is 7.11 Å². The molecule has 0 saturated heterocycles. The zero-order chi connectivity index (χ0) is 12.8. The number of carbonyl (C=O) groups is 1. The molecule has 0 bridgehead atoms. The fourth-order valence-corrected chi connectivity index (χ4v) is 1.27. The lowest BCUT2D eigenvalue weighted by atomic mass is 10.1. The molecule has 0 aliphatic carbocycles. The van der Waals surface area contributed by atoms with Crippen LogP contribution in [-0.2, 0) is 11.2 Å². The Kier molecular flexibility index (Phi) is 4.54. The number of ether oxygens (including phenoxy) is 2. The van der Waals surface area contributed by atoms with Crippen LogP contribution in [0.2, 0.25) is 0 Å². The van der Waals surface area contributed by atoms with Gasteiger partial charge in [-0.25, -0.2) is 4.79 Å². The van der Waals surface area contributed by atoms with Crippen molar-refractivity contribution in [3.63, 3.8) is 0 Å². The summed E-state index contributed by atoms with van der Waals surface area (Å²) in [5.41, 5.74) is 0.953. The van der Waals surface area contributed by atoms with Gasteiger partial charge < -0.3 is 19.7 Å². The third kappa shape index (κ3) is 3.49. The number of aliphatic carboxylic acids is 1. The molecule has 1 aromatic carbocycles. The van der Waals surface area contributed by atoms with E-state index in [2.05, 4.69) is 6.58 Å². The molecule has 0 saturated carbocycles. The van der Waals surface area contributed by atoms with Crippen molar-refractivity contribution >= 4 is 5.97 Å². The summed E-state index contributed by atoms with van der Waals surface area (Å²) in [5.74, 6) is -0.915. The molecule has 0 aliphatic heterocycles. The van der Waals surface area contributed by atoms with Crippen LogP contribution in [0.4, 0.5) is 0 Å². The number of hydrogen-bond acceptors (Lipinski definition) is 4. The number of aliphatic hydroxyl groups excluding tert-OH is 1. The highest BCUT2D eigenvalue weighted by Crippen LogP contribution is 2.29. The molecule has 1 unspecified atom stereocenters. The van der Waals surface area contributed by atoms with Crippen LogP contribution in [0, 0.1) is 0 Å². The van der Waals surface area contributed by atoms with Gasteiger partial charge in [0.1, 0.15) is 0 Å². The maximum absolute atomic E-state index is 10.4. The fourth-order valence-electron chi connectivity index (χ4n) is 1.27. The van der Waals surface area contributed by atoms with Gasteiger partial charge in [-0.15, -0.1) is 6.58 Å². The number of carboxylic acids is 1. The molecule has 0 fully saturated rings. The second-order valence-electron chi connectivity index (χ2n) is 3.29. The van der Waals surface area contributed by atoms with Crippen LogP contribution in [0.25, 0.3) is 0 Å². The van der Waals surface area contributed by atoms with Gasteiger partial charge in [0, 0.05) is 0 Å². The Labute approximate surface area is 98.9 Å². The highest BCUT2D eigenvalue weighted by Gasteiger charge is 2.17. The summed E-state index contributed by atoms with van der Waals surface area (Å²) in [7, 11) is 1.44. The van der Waals surface area contributed by atoms with E-state index in [-0.39, 0.29) is 5.75 Å². The molecule has 5 heteroatoms. The highest BCUT2D eigenvalue weighted by atomic mass is 16.6. The van der Waals surface area contributed by atoms with Gasteiger partial charge in [0.15, 0.2) is 11.5 Å². The zero-order valence-electron chi connectivity index (χ0n) is 9.42. The van der Waals surface area contributed by atoms with Crippen LogP contribution in [-0.4, -0.2) is 29.6 Å². The second kappa shape index (κ2) is 5.91. The molecular formula is C12H14O5. The number of aliphatic hydroxyl groups is 1. The van der Waals surface area contributed by atoms with Crippen molar-refractivity contribution in [3.05, 3.63) is 36.4 Å². The number of methoxy groups -OCH3 is 1. The Morgan fingerprint density at radius 1 is 1.53 bits per heavy atom. The fraction of sp³-hybridized carbons (Fsp3) is 0.250. The molecular weight excluding hydrogens is 224 g/mol. The summed E-state index contributed by atoms with van der Waals surface area (Å²) >= 11 is 0. The van der Waals surface area contributed by atoms with Crippen LogP contribution in [0.5, 0.6) is 11.5 Å². The standard InChI is InChI=1S/C12H14O5/c1-3-4-8-5-6-9(10(7-8)16-2)17-12(15)11(13)14/h3,5-7,12,15H,1,4H2,2H3,(H,13,14). The van der Waals surface area contributed by atoms with Crippen molar-refractivity contribution in [2.45, 2.75) is 12.7 Å². The van der Waals surface area contributed by atoms with Crippen LogP contribution >= 0.6 is 0 Å². The van der Waals surface area contributed by atoms with E-state index in [9.17, 15) is 4.79 Å². The third-order valence-electron chi connectivity index (χ3n) is 2.06. The average molecular weight is 238 g/mol. The van der Waals surface area contributed by atoms with E-state index in [1.807, 2.05) is 0 Å². The lowest BCUT2D eigenvalue weighted by Crippen LogP contribution is -2.26. The molecule has 0 radical (unpaired) electrons. The first-order valence-electron chi connectivity index (χ1n) is 4.93. The largest absolute Gasteiger partial charge is 0.493 e. The predicted molar refractivity (Wildman–Crippen MR) is 61.2 cm³/mol. The van der Waals surface area contributed by atoms with E-state index in [4.69, 9.17) is 19.7 Å². The zero-order valence-corrected chi connectivity index (χ0v) is 9.42. The van der Waals surface area contributed by atoms with Gasteiger partial charge >= 0.3 is 5.97 Å². The van der Waals surface area contributed by atoms with E-state index >= 15 is 0 Å². The summed E-state index contributed by atoms with van der Waals surface area (Å²) in [4.78, 5) is 10.4. The summed E-state index contributed by atoms with van der Waals surface area (Å²) in [6.07, 6.45) is 0.494. The molecule has 0 heterocycles. The normalized spacial score (nSPS) is 11.6. The predicted octanol–water partition coefficient (Wildman–Crippen LogP) is 1.21. The maximum Gasteiger partial charge on any atom is 0.373 e. The Morgan fingerprint density at radius 2 is 2.24 bits per heavy atom. The lowest BCUT2D eigenvalue weighted by molar-refractivity contribution is -0.162. The number of hydrogen-bond donors (Lipinski definition) is 2. The van der Waals surface area contributed by atoms with Gasteiger partial charge in [0.25, 0.3) is 6.29 Å². The third-order valence-corrected chi connectivity index (χ3v) is 2.06. The first kappa shape index (κ1) is 13.1. The first-order chi connectivity index (χ1) is 8.08. The van der Waals surface area contributed by atoms with Crippen LogP contribution in [0.1, 0.15) is 5.56 Å². The van der Waals surface area contributed by atoms with Gasteiger partial charge in [-0.1, -0.05) is 12.1 Å². The van der Waals surface area contributed by atoms with Gasteiger partial charge in [-0.05, 0) is 24.1 Å². The van der Waals surface area contributed by atoms with E-state index in [1.54, 1.807) is 24.3 Å². The van der Waals surface area contributed by atoms with Crippen molar-refractivity contribution in [2.75, 3.05) is 7.11 Å². The quantitative estimate of drug-likeness (QED) is 0.575. The molecule has 0 aliphatic rings. The van der Waals surface area contributed by atoms with Crippen molar-refractivity contribution in [1.82, 2.24) is 0 Å².